The fourth-order valence-electron chi connectivity index (χ4n) is 1.86. The minimum absolute atomic E-state index is 0.179. The van der Waals surface area contributed by atoms with E-state index in [0.717, 1.165) is 0 Å². The minimum Gasteiger partial charge on any atom is -0.393 e. The zero-order valence-electron chi connectivity index (χ0n) is 8.58. The maximum atomic E-state index is 9.56. The van der Waals surface area contributed by atoms with Crippen molar-refractivity contribution in [1.29, 1.82) is 0 Å². The third-order valence-corrected chi connectivity index (χ3v) is 2.95. The van der Waals surface area contributed by atoms with E-state index in [1.54, 1.807) is 6.92 Å². The van der Waals surface area contributed by atoms with E-state index >= 15 is 0 Å². The molecule has 3 nitrogen and oxygen atoms in total. The molecule has 3 heteroatoms. The first-order chi connectivity index (χ1) is 6.05. The summed E-state index contributed by atoms with van der Waals surface area (Å²) in [6.07, 6.45) is 3.75. The highest BCUT2D eigenvalue weighted by molar-refractivity contribution is 4.83. The van der Waals surface area contributed by atoms with Crippen molar-refractivity contribution in [2.75, 3.05) is 13.2 Å². The van der Waals surface area contributed by atoms with Gasteiger partial charge in [0.05, 0.1) is 12.2 Å². The van der Waals surface area contributed by atoms with Crippen molar-refractivity contribution >= 4 is 0 Å². The van der Waals surface area contributed by atoms with E-state index in [1.165, 1.54) is 19.3 Å². The van der Waals surface area contributed by atoms with Gasteiger partial charge in [0.15, 0.2) is 0 Å². The summed E-state index contributed by atoms with van der Waals surface area (Å²) in [6.45, 7) is 4.19. The predicted octanol–water partition coefficient (Wildman–Crippen LogP) is 0.508. The maximum absolute atomic E-state index is 9.56. The number of aliphatic hydroxyl groups is 2. The molecule has 78 valence electrons. The zero-order valence-corrected chi connectivity index (χ0v) is 8.58. The summed E-state index contributed by atoms with van der Waals surface area (Å²) in [4.78, 5) is 0. The van der Waals surface area contributed by atoms with Crippen molar-refractivity contribution in [3.05, 3.63) is 0 Å². The fourth-order valence-corrected chi connectivity index (χ4v) is 1.86. The Labute approximate surface area is 80.2 Å². The number of aliphatic hydroxyl groups excluding tert-OH is 1. The van der Waals surface area contributed by atoms with Gasteiger partial charge in [-0.05, 0) is 25.7 Å². The SMILES string of the molecule is CC1CCCC1NCC(C)(O)CO. The maximum Gasteiger partial charge on any atom is 0.0972 e. The predicted molar refractivity (Wildman–Crippen MR) is 52.5 cm³/mol. The topological polar surface area (TPSA) is 52.5 Å². The first kappa shape index (κ1) is 11.0. The van der Waals surface area contributed by atoms with E-state index < -0.39 is 5.60 Å². The van der Waals surface area contributed by atoms with Crippen LogP contribution in [0.3, 0.4) is 0 Å². The van der Waals surface area contributed by atoms with Crippen molar-refractivity contribution in [2.24, 2.45) is 5.92 Å². The Hall–Kier alpha value is -0.120. The van der Waals surface area contributed by atoms with E-state index in [1.807, 2.05) is 0 Å². The Bertz CT molecular complexity index is 159. The lowest BCUT2D eigenvalue weighted by Gasteiger charge is -2.25. The van der Waals surface area contributed by atoms with Crippen LogP contribution in [-0.4, -0.2) is 35.0 Å². The summed E-state index contributed by atoms with van der Waals surface area (Å²) < 4.78 is 0. The van der Waals surface area contributed by atoms with Crippen LogP contribution < -0.4 is 5.32 Å². The van der Waals surface area contributed by atoms with E-state index in [9.17, 15) is 5.11 Å². The molecule has 0 aromatic rings. The number of hydrogen-bond donors (Lipinski definition) is 3. The summed E-state index contributed by atoms with van der Waals surface area (Å²) >= 11 is 0. The van der Waals surface area contributed by atoms with E-state index in [0.29, 0.717) is 18.5 Å². The molecule has 1 saturated carbocycles. The molecule has 1 aliphatic carbocycles. The third kappa shape index (κ3) is 3.25. The lowest BCUT2D eigenvalue weighted by Crippen LogP contribution is -2.45. The molecule has 0 radical (unpaired) electrons. The summed E-state index contributed by atoms with van der Waals surface area (Å²) in [6, 6.07) is 0.526. The Morgan fingerprint density at radius 3 is 2.62 bits per heavy atom. The van der Waals surface area contributed by atoms with Crippen molar-refractivity contribution in [3.63, 3.8) is 0 Å². The fraction of sp³-hybridized carbons (Fsp3) is 1.00. The lowest BCUT2D eigenvalue weighted by molar-refractivity contribution is 0.0000509. The highest BCUT2D eigenvalue weighted by atomic mass is 16.3. The molecule has 0 spiro atoms. The van der Waals surface area contributed by atoms with Crippen LogP contribution in [0.2, 0.25) is 0 Å². The molecule has 3 unspecified atom stereocenters. The first-order valence-electron chi connectivity index (χ1n) is 5.12. The second kappa shape index (κ2) is 4.40. The zero-order chi connectivity index (χ0) is 9.90. The van der Waals surface area contributed by atoms with Gasteiger partial charge in [-0.25, -0.2) is 0 Å². The number of rotatable bonds is 4. The quantitative estimate of drug-likeness (QED) is 0.601. The molecular formula is C10H21NO2. The molecule has 1 rings (SSSR count). The monoisotopic (exact) mass is 187 g/mol. The molecule has 3 N–H and O–H groups in total. The highest BCUT2D eigenvalue weighted by Crippen LogP contribution is 2.24. The number of hydrogen-bond acceptors (Lipinski definition) is 3. The first-order valence-corrected chi connectivity index (χ1v) is 5.12. The van der Waals surface area contributed by atoms with Crippen LogP contribution in [0.1, 0.15) is 33.1 Å². The molecule has 0 heterocycles. The van der Waals surface area contributed by atoms with Crippen molar-refractivity contribution < 1.29 is 10.2 Å². The van der Waals surface area contributed by atoms with Gasteiger partial charge >= 0.3 is 0 Å². The largest absolute Gasteiger partial charge is 0.393 e. The summed E-state index contributed by atoms with van der Waals surface area (Å²) in [7, 11) is 0. The molecule has 1 fully saturated rings. The van der Waals surface area contributed by atoms with Crippen LogP contribution in [-0.2, 0) is 0 Å². The average molecular weight is 187 g/mol. The van der Waals surface area contributed by atoms with Crippen molar-refractivity contribution in [2.45, 2.75) is 44.8 Å². The standard InChI is InChI=1S/C10H21NO2/c1-8-4-3-5-9(8)11-6-10(2,13)7-12/h8-9,11-13H,3-7H2,1-2H3. The van der Waals surface area contributed by atoms with Crippen molar-refractivity contribution in [1.82, 2.24) is 5.32 Å². The number of nitrogens with one attached hydrogen (secondary N) is 1. The Morgan fingerprint density at radius 2 is 2.15 bits per heavy atom. The van der Waals surface area contributed by atoms with Crippen LogP contribution in [0.5, 0.6) is 0 Å². The van der Waals surface area contributed by atoms with E-state index in [4.69, 9.17) is 5.11 Å². The van der Waals surface area contributed by atoms with Crippen LogP contribution in [0.4, 0.5) is 0 Å². The van der Waals surface area contributed by atoms with Gasteiger partial charge in [-0.2, -0.15) is 0 Å². The van der Waals surface area contributed by atoms with Gasteiger partial charge in [0.25, 0.3) is 0 Å². The van der Waals surface area contributed by atoms with Crippen molar-refractivity contribution in [3.8, 4) is 0 Å². The minimum atomic E-state index is -0.970. The molecular weight excluding hydrogens is 166 g/mol. The molecule has 3 atom stereocenters. The average Bonchev–Trinajstić information content (AvgIpc) is 2.48. The van der Waals surface area contributed by atoms with E-state index in [-0.39, 0.29) is 6.61 Å². The Kier molecular flexibility index (Phi) is 3.71. The Morgan fingerprint density at radius 1 is 1.46 bits per heavy atom. The van der Waals surface area contributed by atoms with Gasteiger partial charge < -0.3 is 15.5 Å². The van der Waals surface area contributed by atoms with Crippen LogP contribution in [0.15, 0.2) is 0 Å². The van der Waals surface area contributed by atoms with E-state index in [2.05, 4.69) is 12.2 Å². The molecule has 13 heavy (non-hydrogen) atoms. The molecule has 0 amide bonds. The molecule has 0 bridgehead atoms. The normalized spacial score (nSPS) is 33.2. The third-order valence-electron chi connectivity index (χ3n) is 2.95. The Balaban J connectivity index is 2.25. The second-order valence-corrected chi connectivity index (χ2v) is 4.55. The van der Waals surface area contributed by atoms with Gasteiger partial charge in [-0.15, -0.1) is 0 Å². The summed E-state index contributed by atoms with van der Waals surface area (Å²) in [5.41, 5.74) is -0.970. The summed E-state index contributed by atoms with van der Waals surface area (Å²) in [5, 5.41) is 21.7. The van der Waals surface area contributed by atoms with Crippen LogP contribution >= 0.6 is 0 Å². The van der Waals surface area contributed by atoms with Gasteiger partial charge in [-0.1, -0.05) is 13.3 Å². The molecule has 1 aliphatic rings. The van der Waals surface area contributed by atoms with Gasteiger partial charge in [0, 0.05) is 12.6 Å². The van der Waals surface area contributed by atoms with Gasteiger partial charge in [-0.3, -0.25) is 0 Å². The van der Waals surface area contributed by atoms with Crippen LogP contribution in [0, 0.1) is 5.92 Å². The van der Waals surface area contributed by atoms with Gasteiger partial charge in [0.1, 0.15) is 0 Å². The summed E-state index contributed by atoms with van der Waals surface area (Å²) in [5.74, 6) is 0.703. The van der Waals surface area contributed by atoms with Gasteiger partial charge in [0.2, 0.25) is 0 Å². The molecule has 0 aliphatic heterocycles. The smallest absolute Gasteiger partial charge is 0.0972 e. The molecule has 0 aromatic heterocycles. The molecule has 0 aromatic carbocycles. The lowest BCUT2D eigenvalue weighted by atomic mass is 10.0. The molecule has 0 saturated heterocycles. The second-order valence-electron chi connectivity index (χ2n) is 4.55. The van der Waals surface area contributed by atoms with Crippen LogP contribution in [0.25, 0.3) is 0 Å². The highest BCUT2D eigenvalue weighted by Gasteiger charge is 2.26.